The second-order valence-corrected chi connectivity index (χ2v) is 7.47. The van der Waals surface area contributed by atoms with Gasteiger partial charge in [0.1, 0.15) is 11.4 Å². The molecule has 0 aromatic carbocycles. The van der Waals surface area contributed by atoms with E-state index >= 15 is 0 Å². The van der Waals surface area contributed by atoms with Crippen molar-refractivity contribution in [2.45, 2.75) is 71.1 Å². The second kappa shape index (κ2) is 7.86. The first-order valence-corrected chi connectivity index (χ1v) is 8.60. The first-order chi connectivity index (χ1) is 10.8. The number of carbonyl (C=O) groups is 1. The maximum atomic E-state index is 12.3. The lowest BCUT2D eigenvalue weighted by molar-refractivity contribution is 0.0242. The highest BCUT2D eigenvalue weighted by Gasteiger charge is 2.26. The summed E-state index contributed by atoms with van der Waals surface area (Å²) in [4.78, 5) is 14.2. The summed E-state index contributed by atoms with van der Waals surface area (Å²) < 4.78 is 10.9. The highest BCUT2D eigenvalue weighted by Crippen LogP contribution is 2.16. The molecule has 2 unspecified atom stereocenters. The van der Waals surface area contributed by atoms with Crippen molar-refractivity contribution in [3.8, 4) is 0 Å². The number of furan rings is 1. The molecule has 1 aromatic rings. The minimum atomic E-state index is -0.446. The Morgan fingerprint density at radius 3 is 2.91 bits per heavy atom. The van der Waals surface area contributed by atoms with Crippen LogP contribution in [-0.2, 0) is 11.2 Å². The van der Waals surface area contributed by atoms with Crippen LogP contribution in [0, 0.1) is 0 Å². The third-order valence-corrected chi connectivity index (χ3v) is 3.93. The number of amides is 1. The van der Waals surface area contributed by atoms with Gasteiger partial charge in [0.15, 0.2) is 0 Å². The van der Waals surface area contributed by atoms with Crippen molar-refractivity contribution in [3.05, 3.63) is 24.2 Å². The van der Waals surface area contributed by atoms with E-state index in [2.05, 4.69) is 12.2 Å². The van der Waals surface area contributed by atoms with Crippen LogP contribution in [-0.4, -0.2) is 41.8 Å². The molecule has 1 fully saturated rings. The Hall–Kier alpha value is -1.49. The number of nitrogens with zero attached hydrogens (tertiary/aromatic N) is 1. The van der Waals surface area contributed by atoms with E-state index in [0.717, 1.165) is 38.0 Å². The van der Waals surface area contributed by atoms with Gasteiger partial charge in [0.2, 0.25) is 0 Å². The number of carbonyl (C=O) groups excluding carboxylic acids is 1. The summed E-state index contributed by atoms with van der Waals surface area (Å²) in [7, 11) is 0. The van der Waals surface area contributed by atoms with Crippen molar-refractivity contribution < 1.29 is 13.9 Å². The van der Waals surface area contributed by atoms with Crippen LogP contribution in [0.3, 0.4) is 0 Å². The molecule has 1 aromatic heterocycles. The maximum Gasteiger partial charge on any atom is 0.410 e. The van der Waals surface area contributed by atoms with Crippen molar-refractivity contribution in [2.75, 3.05) is 13.1 Å². The van der Waals surface area contributed by atoms with Crippen LogP contribution in [0.5, 0.6) is 0 Å². The number of hydrogen-bond donors (Lipinski definition) is 1. The summed E-state index contributed by atoms with van der Waals surface area (Å²) >= 11 is 0. The number of hydrogen-bond acceptors (Lipinski definition) is 4. The van der Waals surface area contributed by atoms with E-state index in [9.17, 15) is 4.79 Å². The molecule has 1 N–H and O–H groups in total. The molecule has 0 saturated carbocycles. The van der Waals surface area contributed by atoms with E-state index in [4.69, 9.17) is 9.15 Å². The zero-order chi connectivity index (χ0) is 16.9. The van der Waals surface area contributed by atoms with Gasteiger partial charge in [0.05, 0.1) is 6.26 Å². The Labute approximate surface area is 139 Å². The van der Waals surface area contributed by atoms with Crippen LogP contribution in [0.15, 0.2) is 22.8 Å². The number of nitrogens with one attached hydrogen (secondary N) is 1. The molecule has 1 saturated heterocycles. The Morgan fingerprint density at radius 2 is 2.26 bits per heavy atom. The molecule has 0 aliphatic carbocycles. The van der Waals surface area contributed by atoms with Crippen LogP contribution >= 0.6 is 0 Å². The van der Waals surface area contributed by atoms with Crippen molar-refractivity contribution in [1.29, 1.82) is 0 Å². The van der Waals surface area contributed by atoms with Gasteiger partial charge in [-0.1, -0.05) is 6.42 Å². The van der Waals surface area contributed by atoms with Crippen LogP contribution in [0.4, 0.5) is 4.79 Å². The smallest absolute Gasteiger partial charge is 0.410 e. The highest BCUT2D eigenvalue weighted by atomic mass is 16.6. The third-order valence-electron chi connectivity index (χ3n) is 3.93. The SMILES string of the molecule is CC(Cc1ccco1)NC1CCCCN(C(=O)OC(C)(C)C)C1. The number of likely N-dealkylation sites (tertiary alicyclic amines) is 1. The summed E-state index contributed by atoms with van der Waals surface area (Å²) in [6.07, 6.45) is 5.61. The summed E-state index contributed by atoms with van der Waals surface area (Å²) in [5.41, 5.74) is -0.446. The molecule has 1 aliphatic heterocycles. The van der Waals surface area contributed by atoms with Gasteiger partial charge < -0.3 is 19.4 Å². The van der Waals surface area contributed by atoms with Gasteiger partial charge in [-0.25, -0.2) is 4.79 Å². The molecular formula is C18H30N2O3. The monoisotopic (exact) mass is 322 g/mol. The normalized spacial score (nSPS) is 20.9. The van der Waals surface area contributed by atoms with Crippen LogP contribution in [0.2, 0.25) is 0 Å². The Morgan fingerprint density at radius 1 is 1.48 bits per heavy atom. The molecule has 130 valence electrons. The topological polar surface area (TPSA) is 54.7 Å². The maximum absolute atomic E-state index is 12.3. The van der Waals surface area contributed by atoms with Gasteiger partial charge in [0.25, 0.3) is 0 Å². The summed E-state index contributed by atoms with van der Waals surface area (Å²) in [5, 5.41) is 3.64. The summed E-state index contributed by atoms with van der Waals surface area (Å²) in [6.45, 7) is 9.36. The molecule has 5 nitrogen and oxygen atoms in total. The van der Waals surface area contributed by atoms with E-state index < -0.39 is 5.60 Å². The minimum Gasteiger partial charge on any atom is -0.469 e. The fourth-order valence-corrected chi connectivity index (χ4v) is 2.96. The molecule has 1 aliphatic rings. The van der Waals surface area contributed by atoms with Gasteiger partial charge in [-0.3, -0.25) is 0 Å². The molecule has 2 heterocycles. The van der Waals surface area contributed by atoms with E-state index in [1.807, 2.05) is 37.8 Å². The molecule has 0 bridgehead atoms. The molecule has 0 spiro atoms. The molecule has 0 radical (unpaired) electrons. The highest BCUT2D eigenvalue weighted by molar-refractivity contribution is 5.68. The Bertz CT molecular complexity index is 479. The average molecular weight is 322 g/mol. The second-order valence-electron chi connectivity index (χ2n) is 7.47. The van der Waals surface area contributed by atoms with Gasteiger partial charge in [-0.2, -0.15) is 0 Å². The molecule has 2 rings (SSSR count). The van der Waals surface area contributed by atoms with Crippen LogP contribution in [0.1, 0.15) is 52.7 Å². The van der Waals surface area contributed by atoms with Gasteiger partial charge in [-0.05, 0) is 52.7 Å². The first kappa shape index (κ1) is 17.9. The minimum absolute atomic E-state index is 0.204. The van der Waals surface area contributed by atoms with Crippen molar-refractivity contribution in [3.63, 3.8) is 0 Å². The largest absolute Gasteiger partial charge is 0.469 e. The van der Waals surface area contributed by atoms with Gasteiger partial charge >= 0.3 is 6.09 Å². The lowest BCUT2D eigenvalue weighted by atomic mass is 10.1. The Balaban J connectivity index is 1.87. The summed E-state index contributed by atoms with van der Waals surface area (Å²) in [6, 6.07) is 4.52. The quantitative estimate of drug-likeness (QED) is 0.920. The van der Waals surface area contributed by atoms with Crippen molar-refractivity contribution in [1.82, 2.24) is 10.2 Å². The lowest BCUT2D eigenvalue weighted by Gasteiger charge is -2.29. The van der Waals surface area contributed by atoms with E-state index in [0.29, 0.717) is 18.6 Å². The number of ether oxygens (including phenoxy) is 1. The van der Waals surface area contributed by atoms with E-state index in [-0.39, 0.29) is 6.09 Å². The van der Waals surface area contributed by atoms with Gasteiger partial charge in [0, 0.05) is 31.6 Å². The molecule has 1 amide bonds. The third kappa shape index (κ3) is 6.26. The lowest BCUT2D eigenvalue weighted by Crippen LogP contribution is -2.47. The first-order valence-electron chi connectivity index (χ1n) is 8.60. The Kier molecular flexibility index (Phi) is 6.10. The summed E-state index contributed by atoms with van der Waals surface area (Å²) in [5.74, 6) is 0.989. The van der Waals surface area contributed by atoms with E-state index in [1.54, 1.807) is 6.26 Å². The zero-order valence-electron chi connectivity index (χ0n) is 14.8. The van der Waals surface area contributed by atoms with Crippen LogP contribution in [0.25, 0.3) is 0 Å². The van der Waals surface area contributed by atoms with Crippen molar-refractivity contribution >= 4 is 6.09 Å². The molecular weight excluding hydrogens is 292 g/mol. The van der Waals surface area contributed by atoms with Crippen molar-refractivity contribution in [2.24, 2.45) is 0 Å². The van der Waals surface area contributed by atoms with E-state index in [1.165, 1.54) is 0 Å². The fraction of sp³-hybridized carbons (Fsp3) is 0.722. The van der Waals surface area contributed by atoms with Crippen LogP contribution < -0.4 is 5.32 Å². The molecule has 23 heavy (non-hydrogen) atoms. The average Bonchev–Trinajstić information content (AvgIpc) is 2.81. The standard InChI is InChI=1S/C18H30N2O3/c1-14(12-16-9-7-11-22-16)19-15-8-5-6-10-20(13-15)17(21)23-18(2,3)4/h7,9,11,14-15,19H,5-6,8,10,12-13H2,1-4H3. The molecule has 2 atom stereocenters. The predicted octanol–water partition coefficient (Wildman–Crippen LogP) is 3.59. The number of rotatable bonds is 4. The predicted molar refractivity (Wildman–Crippen MR) is 90.5 cm³/mol. The zero-order valence-corrected chi connectivity index (χ0v) is 14.8. The molecule has 5 heteroatoms. The fourth-order valence-electron chi connectivity index (χ4n) is 2.96. The van der Waals surface area contributed by atoms with Gasteiger partial charge in [-0.15, -0.1) is 0 Å².